The monoisotopic (exact) mass is 1140 g/mol. The Balaban J connectivity index is 0.000000312. The summed E-state index contributed by atoms with van der Waals surface area (Å²) in [6.45, 7) is 1.68. The Morgan fingerprint density at radius 3 is 1.43 bits per heavy atom. The van der Waals surface area contributed by atoms with Crippen molar-refractivity contribution < 1.29 is 39.9 Å². The van der Waals surface area contributed by atoms with Gasteiger partial charge in [0.25, 0.3) is 31.2 Å². The van der Waals surface area contributed by atoms with Gasteiger partial charge in [-0.05, 0) is 104 Å². The van der Waals surface area contributed by atoms with Gasteiger partial charge >= 0.3 is 23.5 Å². The summed E-state index contributed by atoms with van der Waals surface area (Å²) in [4.78, 5) is 78.2. The van der Waals surface area contributed by atoms with Crippen LogP contribution >= 0.6 is 45.9 Å². The van der Waals surface area contributed by atoms with Crippen LogP contribution in [0.4, 0.5) is 41.1 Å². The van der Waals surface area contributed by atoms with Crippen LogP contribution in [-0.2, 0) is 24.8 Å². The first-order valence-corrected chi connectivity index (χ1v) is 25.2. The van der Waals surface area contributed by atoms with Crippen LogP contribution in [0.15, 0.2) is 125 Å². The number of urea groups is 1. The summed E-state index contributed by atoms with van der Waals surface area (Å²) in [5.74, 6) is -1.22. The number of thiophene rings is 2. The van der Waals surface area contributed by atoms with Crippen LogP contribution in [0.1, 0.15) is 29.2 Å². The minimum absolute atomic E-state index is 0. The molecular weight excluding hydrogens is 1090 g/mol. The maximum atomic E-state index is 14.1. The molecule has 0 bridgehead atoms. The molecule has 9 N–H and O–H groups in total. The number of nitrogens with two attached hydrogens (primary N) is 1. The molecule has 0 aliphatic rings. The number of H-pyrrole nitrogens is 2. The van der Waals surface area contributed by atoms with Crippen LogP contribution in [0.5, 0.6) is 0 Å². The van der Waals surface area contributed by atoms with Crippen molar-refractivity contribution >= 4 is 123 Å². The molecule has 0 radical (unpaired) electrons. The third-order valence-electron chi connectivity index (χ3n) is 9.39. The number of rotatable bonds is 10. The number of ether oxygens (including phenoxy) is 1. The second-order valence-electron chi connectivity index (χ2n) is 14.0. The van der Waals surface area contributed by atoms with Gasteiger partial charge in [-0.1, -0.05) is 45.5 Å². The Morgan fingerprint density at radius 2 is 1.05 bits per heavy atom. The summed E-state index contributed by atoms with van der Waals surface area (Å²) in [6, 6.07) is 21.0. The van der Waals surface area contributed by atoms with E-state index in [4.69, 9.17) is 28.9 Å². The van der Waals surface area contributed by atoms with Crippen molar-refractivity contribution in [3.8, 4) is 11.4 Å². The van der Waals surface area contributed by atoms with E-state index in [1.165, 1.54) is 67.7 Å². The van der Waals surface area contributed by atoms with E-state index in [0.717, 1.165) is 43.9 Å². The highest BCUT2D eigenvalue weighted by Crippen LogP contribution is 2.27. The molecular formula is C45H48Cl2F2N10O11S4. The number of hydrogen-bond acceptors (Lipinski definition) is 16. The SMILES string of the molecule is C.C.C.CCOC(=O)NS(=O)(=O)c1ccc(Cl)s1.CNc1cc2[nH]c(=O)n(-c3ccc(N)cc3)c(=O)c2cc1F.CNc1cc2[nH]c(=O)n(-c3ccc(NC(=O)NS(=O)(=O)c4ccc(Cl)s4)cc3)c(=O)c2cc1F. The van der Waals surface area contributed by atoms with Crippen molar-refractivity contribution in [3.05, 3.63) is 159 Å². The average molecular weight is 1140 g/mol. The average Bonchev–Trinajstić information content (AvgIpc) is 3.97. The molecule has 0 aliphatic heterocycles. The quantitative estimate of drug-likeness (QED) is 0.0598. The molecule has 0 atom stereocenters. The lowest BCUT2D eigenvalue weighted by molar-refractivity contribution is 0.158. The van der Waals surface area contributed by atoms with E-state index in [-0.39, 0.29) is 86.2 Å². The van der Waals surface area contributed by atoms with Crippen LogP contribution in [0, 0.1) is 11.6 Å². The predicted octanol–water partition coefficient (Wildman–Crippen LogP) is 8.27. The zero-order chi connectivity index (χ0) is 51.9. The number of aromatic amines is 2. The number of sulfonamides is 2. The van der Waals surface area contributed by atoms with Crippen molar-refractivity contribution in [3.63, 3.8) is 0 Å². The lowest BCUT2D eigenvalue weighted by atomic mass is 10.2. The largest absolute Gasteiger partial charge is 0.449 e. The smallest absolute Gasteiger partial charge is 0.421 e. The maximum Gasteiger partial charge on any atom is 0.421 e. The van der Waals surface area contributed by atoms with Crippen LogP contribution in [0.3, 0.4) is 0 Å². The molecule has 29 heteroatoms. The number of nitrogens with one attached hydrogen (secondary N) is 7. The van der Waals surface area contributed by atoms with Gasteiger partial charge in [0, 0.05) is 25.5 Å². The number of anilines is 4. The predicted molar refractivity (Wildman–Crippen MR) is 289 cm³/mol. The van der Waals surface area contributed by atoms with Gasteiger partial charge in [0.15, 0.2) is 0 Å². The summed E-state index contributed by atoms with van der Waals surface area (Å²) >= 11 is 13.0. The van der Waals surface area contributed by atoms with Crippen molar-refractivity contribution in [2.75, 3.05) is 42.4 Å². The van der Waals surface area contributed by atoms with Gasteiger partial charge in [-0.3, -0.25) is 9.59 Å². The molecule has 3 amide bonds. The highest BCUT2D eigenvalue weighted by Gasteiger charge is 2.22. The third kappa shape index (κ3) is 14.1. The maximum absolute atomic E-state index is 14.1. The van der Waals surface area contributed by atoms with E-state index >= 15 is 0 Å². The van der Waals surface area contributed by atoms with E-state index < -0.39 is 66.3 Å². The fraction of sp³-hybridized carbons (Fsp3) is 0.156. The first-order chi connectivity index (χ1) is 33.5. The highest BCUT2D eigenvalue weighted by molar-refractivity contribution is 7.92. The Labute approximate surface area is 439 Å². The lowest BCUT2D eigenvalue weighted by Crippen LogP contribution is -2.34. The molecule has 8 rings (SSSR count). The number of amides is 3. The summed E-state index contributed by atoms with van der Waals surface area (Å²) < 4.78 is 85.6. The van der Waals surface area contributed by atoms with Gasteiger partial charge in [0.05, 0.1) is 59.8 Å². The number of nitrogen functional groups attached to an aromatic ring is 1. The molecule has 4 aromatic carbocycles. The number of benzene rings is 4. The lowest BCUT2D eigenvalue weighted by Gasteiger charge is -2.10. The van der Waals surface area contributed by atoms with E-state index in [1.807, 2.05) is 4.72 Å². The Kier molecular flexibility index (Phi) is 20.8. The van der Waals surface area contributed by atoms with E-state index in [1.54, 1.807) is 43.0 Å². The van der Waals surface area contributed by atoms with Crippen LogP contribution in [-0.4, -0.2) is 68.8 Å². The molecule has 4 heterocycles. The van der Waals surface area contributed by atoms with E-state index in [2.05, 4.69) is 30.7 Å². The van der Waals surface area contributed by atoms with Crippen LogP contribution in [0.25, 0.3) is 33.2 Å². The Morgan fingerprint density at radius 1 is 0.649 bits per heavy atom. The molecule has 0 saturated heterocycles. The minimum Gasteiger partial charge on any atom is -0.449 e. The van der Waals surface area contributed by atoms with Gasteiger partial charge in [-0.25, -0.2) is 63.4 Å². The summed E-state index contributed by atoms with van der Waals surface area (Å²) in [5, 5.41) is 7.69. The van der Waals surface area contributed by atoms with E-state index in [0.29, 0.717) is 15.7 Å². The molecule has 0 aliphatic carbocycles. The zero-order valence-corrected chi connectivity index (χ0v) is 41.3. The second-order valence-corrected chi connectivity index (χ2v) is 21.3. The topological polar surface area (TPSA) is 308 Å². The van der Waals surface area contributed by atoms with Gasteiger partial charge in [0.2, 0.25) is 0 Å². The summed E-state index contributed by atoms with van der Waals surface area (Å²) in [7, 11) is -4.90. The molecule has 396 valence electrons. The molecule has 74 heavy (non-hydrogen) atoms. The summed E-state index contributed by atoms with van der Waals surface area (Å²) in [6.07, 6.45) is -0.998. The van der Waals surface area contributed by atoms with Crippen LogP contribution < -0.4 is 53.6 Å². The minimum atomic E-state index is -4.10. The first kappa shape index (κ1) is 60.7. The first-order valence-electron chi connectivity index (χ1n) is 19.9. The molecule has 0 unspecified atom stereocenters. The van der Waals surface area contributed by atoms with Crippen molar-refractivity contribution in [1.82, 2.24) is 28.5 Å². The Hall–Kier alpha value is -7.56. The molecule has 0 fully saturated rings. The number of carbonyl (C=O) groups is 2. The van der Waals surface area contributed by atoms with Gasteiger partial charge < -0.3 is 36.4 Å². The molecule has 8 aromatic rings. The van der Waals surface area contributed by atoms with Crippen molar-refractivity contribution in [1.29, 1.82) is 0 Å². The Bertz CT molecular complexity index is 3810. The molecule has 4 aromatic heterocycles. The van der Waals surface area contributed by atoms with Gasteiger partial charge in [-0.2, -0.15) is 0 Å². The standard InChI is InChI=1S/C20H15ClFN5O5S2.C15H13FN4O2.C7H8ClNO4S2.3CH4/c1-23-15-9-14-12(8-13(15)22)18(28)27(20(30)25-14)11-4-2-10(3-5-11)24-19(29)26-34(31,32)17-7-6-16(21)33-17;1-18-13-7-12-10(6-11(13)16)14(21)20(15(22)19-12)9-4-2-8(17)3-5-9;1-2-13-7(10)9-15(11,12)6-4-3-5(8)14-6;;;/h2-9,23H,1H3,(H,25,30)(H2,24,26,29);2-7,18H,17H2,1H3,(H,19,22);3-4H,2H2,1H3,(H,9,10);3*1H4. The fourth-order valence-electron chi connectivity index (χ4n) is 6.18. The second kappa shape index (κ2) is 25.4. The third-order valence-corrected chi connectivity index (χ3v) is 15.5. The highest BCUT2D eigenvalue weighted by atomic mass is 35.5. The molecule has 0 spiro atoms. The number of fused-ring (bicyclic) bond motifs is 2. The van der Waals surface area contributed by atoms with Crippen molar-refractivity contribution in [2.45, 2.75) is 37.6 Å². The number of aromatic nitrogens is 4. The van der Waals surface area contributed by atoms with Gasteiger partial charge in [-0.15, -0.1) is 22.7 Å². The number of carbonyl (C=O) groups excluding carboxylic acids is 2. The number of nitrogens with zero attached hydrogens (tertiary/aromatic N) is 2. The summed E-state index contributed by atoms with van der Waals surface area (Å²) in [5.41, 5.74) is 4.90. The normalized spacial score (nSPS) is 10.7. The number of halogens is 4. The van der Waals surface area contributed by atoms with E-state index in [9.17, 15) is 54.4 Å². The van der Waals surface area contributed by atoms with Crippen LogP contribution in [0.2, 0.25) is 8.67 Å². The van der Waals surface area contributed by atoms with Gasteiger partial charge in [0.1, 0.15) is 20.1 Å². The van der Waals surface area contributed by atoms with Crippen molar-refractivity contribution in [2.24, 2.45) is 0 Å². The molecule has 21 nitrogen and oxygen atoms in total. The zero-order valence-electron chi connectivity index (χ0n) is 36.6. The molecule has 0 saturated carbocycles. The number of hydrogen-bond donors (Lipinski definition) is 8. The fourth-order valence-corrected chi connectivity index (χ4v) is 10.9.